The lowest BCUT2D eigenvalue weighted by molar-refractivity contribution is -0.384. The molecule has 2 rings (SSSR count). The lowest BCUT2D eigenvalue weighted by Gasteiger charge is -2.10. The van der Waals surface area contributed by atoms with E-state index in [9.17, 15) is 10.1 Å². The molecule has 0 unspecified atom stereocenters. The molecular weight excluding hydrogens is 256 g/mol. The minimum atomic E-state index is -0.483. The molecule has 1 heterocycles. The number of nitrogens with zero attached hydrogens (tertiary/aromatic N) is 2. The van der Waals surface area contributed by atoms with E-state index >= 15 is 0 Å². The van der Waals surface area contributed by atoms with Crippen molar-refractivity contribution in [2.24, 2.45) is 0 Å². The molecule has 0 atom stereocenters. The SMILES string of the molecule is CCc1ccccc1CNc1cc([N+](=O)[O-])cc(N)n1. The fourth-order valence-corrected chi connectivity index (χ4v) is 1.99. The molecule has 0 bridgehead atoms. The Hall–Kier alpha value is -2.63. The van der Waals surface area contributed by atoms with Gasteiger partial charge in [0.25, 0.3) is 5.69 Å². The van der Waals surface area contributed by atoms with Crippen LogP contribution in [-0.2, 0) is 13.0 Å². The summed E-state index contributed by atoms with van der Waals surface area (Å²) in [5.74, 6) is 0.535. The first-order valence-corrected chi connectivity index (χ1v) is 6.32. The Bertz CT molecular complexity index is 628. The van der Waals surface area contributed by atoms with E-state index in [1.165, 1.54) is 17.7 Å². The summed E-state index contributed by atoms with van der Waals surface area (Å²) in [7, 11) is 0. The van der Waals surface area contributed by atoms with Gasteiger partial charge in [-0.25, -0.2) is 4.98 Å². The second kappa shape index (κ2) is 6.01. The second-order valence-corrected chi connectivity index (χ2v) is 4.37. The summed E-state index contributed by atoms with van der Waals surface area (Å²) in [5.41, 5.74) is 7.88. The summed E-state index contributed by atoms with van der Waals surface area (Å²) in [4.78, 5) is 14.3. The molecule has 104 valence electrons. The zero-order valence-corrected chi connectivity index (χ0v) is 11.2. The minimum Gasteiger partial charge on any atom is -0.383 e. The van der Waals surface area contributed by atoms with Crippen molar-refractivity contribution >= 4 is 17.3 Å². The predicted octanol–water partition coefficient (Wildman–Crippen LogP) is 2.75. The van der Waals surface area contributed by atoms with Crippen LogP contribution >= 0.6 is 0 Å². The second-order valence-electron chi connectivity index (χ2n) is 4.37. The number of aromatic nitrogens is 1. The third-order valence-corrected chi connectivity index (χ3v) is 3.00. The largest absolute Gasteiger partial charge is 0.383 e. The Morgan fingerprint density at radius 1 is 1.30 bits per heavy atom. The highest BCUT2D eigenvalue weighted by atomic mass is 16.6. The number of rotatable bonds is 5. The van der Waals surface area contributed by atoms with Crippen LogP contribution in [0.5, 0.6) is 0 Å². The van der Waals surface area contributed by atoms with Gasteiger partial charge in [0, 0.05) is 6.54 Å². The van der Waals surface area contributed by atoms with Gasteiger partial charge in [-0.1, -0.05) is 31.2 Å². The molecule has 0 saturated heterocycles. The molecule has 6 heteroatoms. The van der Waals surface area contributed by atoms with Gasteiger partial charge in [-0.05, 0) is 17.5 Å². The third kappa shape index (κ3) is 3.23. The van der Waals surface area contributed by atoms with Crippen LogP contribution in [0.3, 0.4) is 0 Å². The average molecular weight is 272 g/mol. The van der Waals surface area contributed by atoms with Gasteiger partial charge in [0.15, 0.2) is 0 Å². The number of nitrogens with two attached hydrogens (primary N) is 1. The van der Waals surface area contributed by atoms with E-state index in [-0.39, 0.29) is 11.5 Å². The van der Waals surface area contributed by atoms with Gasteiger partial charge in [-0.3, -0.25) is 10.1 Å². The monoisotopic (exact) mass is 272 g/mol. The first-order chi connectivity index (χ1) is 9.60. The van der Waals surface area contributed by atoms with E-state index < -0.39 is 4.92 Å². The molecule has 0 amide bonds. The molecule has 3 N–H and O–H groups in total. The fraction of sp³-hybridized carbons (Fsp3) is 0.214. The Labute approximate surface area is 116 Å². The van der Waals surface area contributed by atoms with Crippen molar-refractivity contribution in [3.63, 3.8) is 0 Å². The Kier molecular flexibility index (Phi) is 4.14. The van der Waals surface area contributed by atoms with Gasteiger partial charge >= 0.3 is 0 Å². The zero-order chi connectivity index (χ0) is 14.5. The number of hydrogen-bond donors (Lipinski definition) is 2. The Morgan fingerprint density at radius 3 is 2.65 bits per heavy atom. The molecule has 0 spiro atoms. The van der Waals surface area contributed by atoms with Gasteiger partial charge in [0.2, 0.25) is 0 Å². The standard InChI is InChI=1S/C14H16N4O2/c1-2-10-5-3-4-6-11(10)9-16-14-8-12(18(19)20)7-13(15)17-14/h3-8H,2,9H2,1H3,(H3,15,16,17). The van der Waals surface area contributed by atoms with Gasteiger partial charge in [-0.15, -0.1) is 0 Å². The van der Waals surface area contributed by atoms with E-state index in [4.69, 9.17) is 5.73 Å². The maximum absolute atomic E-state index is 10.8. The number of nitrogens with one attached hydrogen (secondary N) is 1. The first-order valence-electron chi connectivity index (χ1n) is 6.32. The molecule has 1 aromatic carbocycles. The van der Waals surface area contributed by atoms with Crippen LogP contribution in [-0.4, -0.2) is 9.91 Å². The van der Waals surface area contributed by atoms with Gasteiger partial charge in [0.05, 0.1) is 17.1 Å². The van der Waals surface area contributed by atoms with Crippen LogP contribution in [0.15, 0.2) is 36.4 Å². The van der Waals surface area contributed by atoms with Crippen LogP contribution in [0.25, 0.3) is 0 Å². The van der Waals surface area contributed by atoms with E-state index in [1.807, 2.05) is 18.2 Å². The lowest BCUT2D eigenvalue weighted by Crippen LogP contribution is -2.05. The summed E-state index contributed by atoms with van der Waals surface area (Å²) >= 11 is 0. The highest BCUT2D eigenvalue weighted by Crippen LogP contribution is 2.19. The normalized spacial score (nSPS) is 10.2. The smallest absolute Gasteiger partial charge is 0.276 e. The topological polar surface area (TPSA) is 94.1 Å². The van der Waals surface area contributed by atoms with Crippen molar-refractivity contribution in [1.29, 1.82) is 0 Å². The molecule has 0 aliphatic rings. The molecule has 6 nitrogen and oxygen atoms in total. The third-order valence-electron chi connectivity index (χ3n) is 3.00. The minimum absolute atomic E-state index is 0.0659. The van der Waals surface area contributed by atoms with Gasteiger partial charge < -0.3 is 11.1 Å². The van der Waals surface area contributed by atoms with Crippen molar-refractivity contribution in [3.8, 4) is 0 Å². The van der Waals surface area contributed by atoms with Crippen molar-refractivity contribution in [2.75, 3.05) is 11.1 Å². The highest BCUT2D eigenvalue weighted by molar-refractivity contribution is 5.53. The number of aryl methyl sites for hydroxylation is 1. The maximum atomic E-state index is 10.8. The van der Waals surface area contributed by atoms with Crippen LogP contribution in [0.2, 0.25) is 0 Å². The van der Waals surface area contributed by atoms with Crippen molar-refractivity contribution < 1.29 is 4.92 Å². The molecule has 0 saturated carbocycles. The van der Waals surface area contributed by atoms with Crippen LogP contribution < -0.4 is 11.1 Å². The van der Waals surface area contributed by atoms with Crippen LogP contribution in [0, 0.1) is 10.1 Å². The van der Waals surface area contributed by atoms with E-state index in [0.717, 1.165) is 12.0 Å². The van der Waals surface area contributed by atoms with Crippen molar-refractivity contribution in [3.05, 3.63) is 57.6 Å². The van der Waals surface area contributed by atoms with E-state index in [0.29, 0.717) is 12.4 Å². The Balaban J connectivity index is 2.16. The predicted molar refractivity (Wildman–Crippen MR) is 78.5 cm³/mol. The average Bonchev–Trinajstić information content (AvgIpc) is 2.44. The van der Waals surface area contributed by atoms with Gasteiger partial charge in [-0.2, -0.15) is 0 Å². The molecule has 0 fully saturated rings. The molecule has 0 aliphatic heterocycles. The number of hydrogen-bond acceptors (Lipinski definition) is 5. The number of pyridine rings is 1. The van der Waals surface area contributed by atoms with E-state index in [1.54, 1.807) is 0 Å². The number of anilines is 2. The first kappa shape index (κ1) is 13.8. The van der Waals surface area contributed by atoms with E-state index in [2.05, 4.69) is 23.3 Å². The van der Waals surface area contributed by atoms with Crippen LogP contribution in [0.4, 0.5) is 17.3 Å². The Morgan fingerprint density at radius 2 is 2.00 bits per heavy atom. The highest BCUT2D eigenvalue weighted by Gasteiger charge is 2.10. The van der Waals surface area contributed by atoms with Crippen molar-refractivity contribution in [2.45, 2.75) is 19.9 Å². The zero-order valence-electron chi connectivity index (χ0n) is 11.2. The molecule has 0 aliphatic carbocycles. The molecule has 0 radical (unpaired) electrons. The summed E-state index contributed by atoms with van der Waals surface area (Å²) < 4.78 is 0. The summed E-state index contributed by atoms with van der Waals surface area (Å²) in [6.07, 6.45) is 0.933. The summed E-state index contributed by atoms with van der Waals surface area (Å²) in [6.45, 7) is 2.64. The quantitative estimate of drug-likeness (QED) is 0.644. The number of nitrogen functional groups attached to an aromatic ring is 1. The summed E-state index contributed by atoms with van der Waals surface area (Å²) in [6, 6.07) is 10.7. The fourth-order valence-electron chi connectivity index (χ4n) is 1.99. The molecule has 2 aromatic rings. The summed E-state index contributed by atoms with van der Waals surface area (Å²) in [5, 5.41) is 13.9. The molecule has 1 aromatic heterocycles. The molecule has 20 heavy (non-hydrogen) atoms. The van der Waals surface area contributed by atoms with Crippen LogP contribution in [0.1, 0.15) is 18.1 Å². The number of nitro groups is 1. The van der Waals surface area contributed by atoms with Crippen molar-refractivity contribution in [1.82, 2.24) is 4.98 Å². The maximum Gasteiger partial charge on any atom is 0.276 e. The van der Waals surface area contributed by atoms with Gasteiger partial charge in [0.1, 0.15) is 11.6 Å². The molecular formula is C14H16N4O2. The lowest BCUT2D eigenvalue weighted by atomic mass is 10.1. The number of benzene rings is 1.